The van der Waals surface area contributed by atoms with Crippen molar-refractivity contribution in [1.82, 2.24) is 5.32 Å². The maximum atomic E-state index is 11.8. The Morgan fingerprint density at radius 2 is 2.19 bits per heavy atom. The molecule has 1 amide bonds. The van der Waals surface area contributed by atoms with E-state index in [-0.39, 0.29) is 0 Å². The first-order chi connectivity index (χ1) is 7.77. The van der Waals surface area contributed by atoms with Gasteiger partial charge in [-0.25, -0.2) is 0 Å². The van der Waals surface area contributed by atoms with Crippen LogP contribution in [-0.4, -0.2) is 12.5 Å². The summed E-state index contributed by atoms with van der Waals surface area (Å²) in [6, 6.07) is 0. The van der Waals surface area contributed by atoms with Gasteiger partial charge in [-0.3, -0.25) is 4.79 Å². The molecule has 1 rings (SSSR count). The number of rotatable bonds is 6. The minimum atomic E-state index is 0.296. The highest BCUT2D eigenvalue weighted by atomic mass is 16.1. The molecule has 0 aliphatic carbocycles. The van der Waals surface area contributed by atoms with Gasteiger partial charge < -0.3 is 5.32 Å². The number of unbranched alkanes of at least 4 members (excludes halogenated alkanes) is 1. The first kappa shape index (κ1) is 13.5. The molecule has 1 aliphatic heterocycles. The van der Waals surface area contributed by atoms with Crippen LogP contribution in [0, 0.1) is 11.8 Å². The minimum absolute atomic E-state index is 0.296. The molecular weight excluding hydrogens is 198 g/mol. The largest absolute Gasteiger partial charge is 0.356 e. The standard InChI is InChI=1S/C14H27NO/c1-3-5-8-12(4-2)11-13-9-6-7-10-15-14(13)16/h12-13H,3-11H2,1-2H3,(H,15,16). The minimum Gasteiger partial charge on any atom is -0.356 e. The van der Waals surface area contributed by atoms with Crippen molar-refractivity contribution in [3.63, 3.8) is 0 Å². The lowest BCUT2D eigenvalue weighted by molar-refractivity contribution is -0.125. The Balaban J connectivity index is 2.38. The molecule has 2 unspecified atom stereocenters. The molecule has 1 aliphatic rings. The van der Waals surface area contributed by atoms with Gasteiger partial charge in [0.25, 0.3) is 0 Å². The predicted molar refractivity (Wildman–Crippen MR) is 68.3 cm³/mol. The summed E-state index contributed by atoms with van der Waals surface area (Å²) in [7, 11) is 0. The van der Waals surface area contributed by atoms with Gasteiger partial charge in [0.15, 0.2) is 0 Å². The third-order valence-corrected chi connectivity index (χ3v) is 3.81. The second-order valence-electron chi connectivity index (χ2n) is 5.14. The average Bonchev–Trinajstić information content (AvgIpc) is 2.50. The third kappa shape index (κ3) is 4.54. The number of carbonyl (C=O) groups is 1. The molecular formula is C14H27NO. The summed E-state index contributed by atoms with van der Waals surface area (Å²) in [5.41, 5.74) is 0. The smallest absolute Gasteiger partial charge is 0.223 e. The highest BCUT2D eigenvalue weighted by Gasteiger charge is 2.23. The molecule has 0 aromatic carbocycles. The molecule has 2 atom stereocenters. The monoisotopic (exact) mass is 225 g/mol. The number of hydrogen-bond donors (Lipinski definition) is 1. The third-order valence-electron chi connectivity index (χ3n) is 3.81. The molecule has 0 radical (unpaired) electrons. The van der Waals surface area contributed by atoms with Crippen LogP contribution in [0.2, 0.25) is 0 Å². The van der Waals surface area contributed by atoms with E-state index in [1.54, 1.807) is 0 Å². The molecule has 0 spiro atoms. The van der Waals surface area contributed by atoms with E-state index in [9.17, 15) is 4.79 Å². The molecule has 1 saturated heterocycles. The van der Waals surface area contributed by atoms with Gasteiger partial charge >= 0.3 is 0 Å². The molecule has 16 heavy (non-hydrogen) atoms. The molecule has 1 heterocycles. The summed E-state index contributed by atoms with van der Waals surface area (Å²) >= 11 is 0. The predicted octanol–water partition coefficient (Wildman–Crippen LogP) is 3.51. The van der Waals surface area contributed by atoms with E-state index in [0.717, 1.165) is 31.7 Å². The van der Waals surface area contributed by atoms with Crippen LogP contribution in [0.1, 0.15) is 65.2 Å². The average molecular weight is 225 g/mol. The van der Waals surface area contributed by atoms with Crippen molar-refractivity contribution in [3.05, 3.63) is 0 Å². The van der Waals surface area contributed by atoms with Crippen molar-refractivity contribution >= 4 is 5.91 Å². The van der Waals surface area contributed by atoms with E-state index in [1.807, 2.05) is 0 Å². The molecule has 1 N–H and O–H groups in total. The zero-order valence-electron chi connectivity index (χ0n) is 10.9. The second-order valence-corrected chi connectivity index (χ2v) is 5.14. The molecule has 2 nitrogen and oxygen atoms in total. The summed E-state index contributed by atoms with van der Waals surface area (Å²) in [5.74, 6) is 1.37. The van der Waals surface area contributed by atoms with Gasteiger partial charge in [0.1, 0.15) is 0 Å². The summed E-state index contributed by atoms with van der Waals surface area (Å²) in [5, 5.41) is 3.04. The van der Waals surface area contributed by atoms with Crippen molar-refractivity contribution in [2.24, 2.45) is 11.8 Å². The fourth-order valence-corrected chi connectivity index (χ4v) is 2.61. The number of hydrogen-bond acceptors (Lipinski definition) is 1. The Hall–Kier alpha value is -0.530. The van der Waals surface area contributed by atoms with E-state index in [2.05, 4.69) is 19.2 Å². The van der Waals surface area contributed by atoms with E-state index in [0.29, 0.717) is 11.8 Å². The lowest BCUT2D eigenvalue weighted by atomic mass is 9.86. The van der Waals surface area contributed by atoms with Crippen LogP contribution in [0.5, 0.6) is 0 Å². The number of nitrogens with one attached hydrogen (secondary N) is 1. The molecule has 94 valence electrons. The van der Waals surface area contributed by atoms with Crippen LogP contribution in [-0.2, 0) is 4.79 Å². The van der Waals surface area contributed by atoms with Gasteiger partial charge in [-0.1, -0.05) is 46.0 Å². The SMILES string of the molecule is CCCCC(CC)CC1CCCCNC1=O. The summed E-state index contributed by atoms with van der Waals surface area (Å²) in [6.07, 6.45) is 9.71. The van der Waals surface area contributed by atoms with Crippen LogP contribution in [0.25, 0.3) is 0 Å². The fraction of sp³-hybridized carbons (Fsp3) is 0.929. The molecule has 0 aromatic rings. The van der Waals surface area contributed by atoms with Crippen LogP contribution in [0.3, 0.4) is 0 Å². The van der Waals surface area contributed by atoms with Crippen molar-refractivity contribution in [1.29, 1.82) is 0 Å². The zero-order chi connectivity index (χ0) is 11.8. The molecule has 2 heteroatoms. The summed E-state index contributed by atoms with van der Waals surface area (Å²) in [4.78, 5) is 11.8. The second kappa shape index (κ2) is 7.70. The Morgan fingerprint density at radius 3 is 2.88 bits per heavy atom. The lowest BCUT2D eigenvalue weighted by Crippen LogP contribution is -2.30. The van der Waals surface area contributed by atoms with Gasteiger partial charge in [-0.15, -0.1) is 0 Å². The highest BCUT2D eigenvalue weighted by molar-refractivity contribution is 5.78. The van der Waals surface area contributed by atoms with Gasteiger partial charge in [0.2, 0.25) is 5.91 Å². The number of amides is 1. The molecule has 0 aromatic heterocycles. The summed E-state index contributed by atoms with van der Waals surface area (Å²) < 4.78 is 0. The van der Waals surface area contributed by atoms with E-state index in [4.69, 9.17) is 0 Å². The van der Waals surface area contributed by atoms with Crippen LogP contribution < -0.4 is 5.32 Å². The normalized spacial score (nSPS) is 23.6. The van der Waals surface area contributed by atoms with Crippen molar-refractivity contribution in [3.8, 4) is 0 Å². The maximum absolute atomic E-state index is 11.8. The first-order valence-electron chi connectivity index (χ1n) is 7.05. The Kier molecular flexibility index (Phi) is 6.51. The van der Waals surface area contributed by atoms with Crippen LogP contribution >= 0.6 is 0 Å². The van der Waals surface area contributed by atoms with E-state index < -0.39 is 0 Å². The summed E-state index contributed by atoms with van der Waals surface area (Å²) in [6.45, 7) is 5.39. The lowest BCUT2D eigenvalue weighted by Gasteiger charge is -2.20. The van der Waals surface area contributed by atoms with E-state index in [1.165, 1.54) is 32.1 Å². The van der Waals surface area contributed by atoms with Gasteiger partial charge in [0, 0.05) is 12.5 Å². The Morgan fingerprint density at radius 1 is 1.38 bits per heavy atom. The molecule has 0 saturated carbocycles. The molecule has 0 bridgehead atoms. The quantitative estimate of drug-likeness (QED) is 0.736. The molecule has 1 fully saturated rings. The van der Waals surface area contributed by atoms with Crippen molar-refractivity contribution < 1.29 is 4.79 Å². The van der Waals surface area contributed by atoms with Gasteiger partial charge in [-0.05, 0) is 25.2 Å². The van der Waals surface area contributed by atoms with E-state index >= 15 is 0 Å². The fourth-order valence-electron chi connectivity index (χ4n) is 2.61. The zero-order valence-corrected chi connectivity index (χ0v) is 10.9. The Labute approximate surface area is 100 Å². The maximum Gasteiger partial charge on any atom is 0.223 e. The number of carbonyl (C=O) groups excluding carboxylic acids is 1. The first-order valence-corrected chi connectivity index (χ1v) is 7.05. The van der Waals surface area contributed by atoms with Crippen molar-refractivity contribution in [2.45, 2.75) is 65.2 Å². The van der Waals surface area contributed by atoms with Crippen LogP contribution in [0.15, 0.2) is 0 Å². The topological polar surface area (TPSA) is 29.1 Å². The Bertz CT molecular complexity index is 203. The van der Waals surface area contributed by atoms with Gasteiger partial charge in [0.05, 0.1) is 0 Å². The van der Waals surface area contributed by atoms with Crippen LogP contribution in [0.4, 0.5) is 0 Å². The highest BCUT2D eigenvalue weighted by Crippen LogP contribution is 2.26. The van der Waals surface area contributed by atoms with Gasteiger partial charge in [-0.2, -0.15) is 0 Å². The van der Waals surface area contributed by atoms with Crippen molar-refractivity contribution in [2.75, 3.05) is 6.54 Å².